The van der Waals surface area contributed by atoms with Gasteiger partial charge in [0.05, 0.1) is 41.7 Å². The Morgan fingerprint density at radius 3 is 1.64 bits per heavy atom. The number of anilines is 2. The molecular formula is C29H24F2N2O6. The Bertz CT molecular complexity index is 1440. The largest absolute Gasteiger partial charge is 0.463 e. The zero-order valence-corrected chi connectivity index (χ0v) is 21.3. The first-order valence-corrected chi connectivity index (χ1v) is 12.7. The van der Waals surface area contributed by atoms with Gasteiger partial charge in [0.1, 0.15) is 11.6 Å². The molecule has 2 aromatic rings. The quantitative estimate of drug-likeness (QED) is 0.440. The summed E-state index contributed by atoms with van der Waals surface area (Å²) in [6.07, 6.45) is 0. The van der Waals surface area contributed by atoms with E-state index in [4.69, 9.17) is 4.74 Å². The van der Waals surface area contributed by atoms with Crippen molar-refractivity contribution in [2.75, 3.05) is 16.4 Å². The molecular weight excluding hydrogens is 510 g/mol. The molecule has 200 valence electrons. The molecule has 4 amide bonds. The highest BCUT2D eigenvalue weighted by Crippen LogP contribution is 2.68. The summed E-state index contributed by atoms with van der Waals surface area (Å²) in [6.45, 7) is 4.73. The Labute approximate surface area is 222 Å². The van der Waals surface area contributed by atoms with Crippen LogP contribution in [0.15, 0.2) is 59.7 Å². The minimum atomic E-state index is -1.65. The van der Waals surface area contributed by atoms with Crippen molar-refractivity contribution >= 4 is 41.0 Å². The molecule has 3 fully saturated rings. The van der Waals surface area contributed by atoms with Crippen molar-refractivity contribution in [2.45, 2.75) is 20.8 Å². The van der Waals surface area contributed by atoms with E-state index in [0.29, 0.717) is 5.57 Å². The van der Waals surface area contributed by atoms with Gasteiger partial charge in [-0.2, -0.15) is 0 Å². The maximum atomic E-state index is 14.8. The summed E-state index contributed by atoms with van der Waals surface area (Å²) < 4.78 is 34.9. The van der Waals surface area contributed by atoms with Crippen molar-refractivity contribution in [1.82, 2.24) is 0 Å². The third-order valence-corrected chi connectivity index (χ3v) is 8.87. The summed E-state index contributed by atoms with van der Waals surface area (Å²) in [5.41, 5.74) is -1.71. The number of esters is 1. The second-order valence-electron chi connectivity index (χ2n) is 10.5. The molecule has 3 aliphatic carbocycles. The zero-order valence-electron chi connectivity index (χ0n) is 21.3. The lowest BCUT2D eigenvalue weighted by Gasteiger charge is -2.55. The fourth-order valence-corrected chi connectivity index (χ4v) is 7.55. The van der Waals surface area contributed by atoms with Crippen LogP contribution in [0.3, 0.4) is 0 Å². The summed E-state index contributed by atoms with van der Waals surface area (Å²) in [4.78, 5) is 70.7. The average molecular weight is 535 g/mol. The molecule has 39 heavy (non-hydrogen) atoms. The van der Waals surface area contributed by atoms with E-state index in [1.165, 1.54) is 43.3 Å². The summed E-state index contributed by atoms with van der Waals surface area (Å²) in [5.74, 6) is -11.0. The number of ether oxygens (including phenoxy) is 1. The number of hydrogen-bond acceptors (Lipinski definition) is 6. The number of carbonyl (C=O) groups is 5. The predicted molar refractivity (Wildman–Crippen MR) is 133 cm³/mol. The van der Waals surface area contributed by atoms with Crippen LogP contribution in [0.1, 0.15) is 20.8 Å². The van der Waals surface area contributed by atoms with Gasteiger partial charge in [-0.15, -0.1) is 0 Å². The molecule has 2 heterocycles. The highest BCUT2D eigenvalue weighted by Gasteiger charge is 2.77. The Morgan fingerprint density at radius 2 is 1.23 bits per heavy atom. The molecule has 1 saturated carbocycles. The number of carbonyl (C=O) groups excluding carboxylic acids is 5. The first-order valence-electron chi connectivity index (χ1n) is 12.7. The van der Waals surface area contributed by atoms with Crippen LogP contribution in [-0.4, -0.2) is 36.2 Å². The number of amides is 4. The monoisotopic (exact) mass is 534 g/mol. The van der Waals surface area contributed by atoms with Crippen LogP contribution < -0.4 is 9.80 Å². The lowest BCUT2D eigenvalue weighted by molar-refractivity contribution is -0.155. The molecule has 0 N–H and O–H groups in total. The summed E-state index contributed by atoms with van der Waals surface area (Å²) in [6, 6.07) is 10.7. The molecule has 2 unspecified atom stereocenters. The fourth-order valence-electron chi connectivity index (χ4n) is 7.55. The van der Waals surface area contributed by atoms with Gasteiger partial charge >= 0.3 is 5.97 Å². The SMILES string of the molecule is CCOC(=O)C1=C(C)C2[C@H]3C(=O)N(c4ccccc4F)C(=O)[C@@H]3C1(C)[C@@H]1C(=O)N(c3ccccc3F)C(=O)[C@@H]21. The summed E-state index contributed by atoms with van der Waals surface area (Å²) in [5, 5.41) is 0. The van der Waals surface area contributed by atoms with E-state index in [9.17, 15) is 32.8 Å². The van der Waals surface area contributed by atoms with Crippen LogP contribution >= 0.6 is 0 Å². The van der Waals surface area contributed by atoms with Crippen LogP contribution in [0.2, 0.25) is 0 Å². The highest BCUT2D eigenvalue weighted by molar-refractivity contribution is 6.27. The van der Waals surface area contributed by atoms with E-state index < -0.39 is 76.2 Å². The van der Waals surface area contributed by atoms with Crippen LogP contribution in [-0.2, 0) is 28.7 Å². The standard InChI is InChI=1S/C29H24F2N2O6/c1-4-39-28(38)21-13(2)18-19-22(26(36)32(24(19)34)16-11-7-5-9-14(16)30)29(21,3)23-20(18)25(35)33(27(23)37)17-12-8-6-10-15(17)31/h5-12,18-20,22-23H,4H2,1-3H3/t18?,19-,20+,22-,23+,29?. The topological polar surface area (TPSA) is 101 Å². The van der Waals surface area contributed by atoms with Gasteiger partial charge < -0.3 is 4.74 Å². The molecule has 2 aliphatic heterocycles. The molecule has 6 atom stereocenters. The van der Waals surface area contributed by atoms with Gasteiger partial charge in [-0.25, -0.2) is 23.4 Å². The number of hydrogen-bond donors (Lipinski definition) is 0. The first-order chi connectivity index (χ1) is 18.6. The second-order valence-corrected chi connectivity index (χ2v) is 10.5. The summed E-state index contributed by atoms with van der Waals surface area (Å²) in [7, 11) is 0. The first kappa shape index (κ1) is 25.1. The van der Waals surface area contributed by atoms with Gasteiger partial charge in [0, 0.05) is 16.9 Å². The molecule has 0 radical (unpaired) electrons. The third-order valence-electron chi connectivity index (χ3n) is 8.87. The van der Waals surface area contributed by atoms with Crippen molar-refractivity contribution in [1.29, 1.82) is 0 Å². The second kappa shape index (κ2) is 8.39. The Morgan fingerprint density at radius 1 is 0.795 bits per heavy atom. The average Bonchev–Trinajstić information content (AvgIpc) is 3.31. The predicted octanol–water partition coefficient (Wildman–Crippen LogP) is 3.41. The smallest absolute Gasteiger partial charge is 0.334 e. The molecule has 2 saturated heterocycles. The normalized spacial score (nSPS) is 31.3. The Kier molecular flexibility index (Phi) is 5.40. The Balaban J connectivity index is 1.57. The van der Waals surface area contributed by atoms with E-state index in [2.05, 4.69) is 0 Å². The van der Waals surface area contributed by atoms with Crippen molar-refractivity contribution < 1.29 is 37.5 Å². The van der Waals surface area contributed by atoms with Gasteiger partial charge in [-0.1, -0.05) is 36.8 Å². The third kappa shape index (κ3) is 2.99. The van der Waals surface area contributed by atoms with E-state index in [1.54, 1.807) is 13.8 Å². The number of nitrogens with zero attached hydrogens (tertiary/aromatic N) is 2. The number of rotatable bonds is 4. The molecule has 7 rings (SSSR count). The van der Waals surface area contributed by atoms with E-state index >= 15 is 0 Å². The van der Waals surface area contributed by atoms with Gasteiger partial charge in [0.25, 0.3) is 0 Å². The number of halogens is 2. The molecule has 2 bridgehead atoms. The van der Waals surface area contributed by atoms with Crippen LogP contribution in [0.25, 0.3) is 0 Å². The fraction of sp³-hybridized carbons (Fsp3) is 0.345. The van der Waals surface area contributed by atoms with Gasteiger partial charge in [0.2, 0.25) is 23.6 Å². The lowest BCUT2D eigenvalue weighted by atomic mass is 9.43. The molecule has 10 heteroatoms. The van der Waals surface area contributed by atoms with Crippen LogP contribution in [0, 0.1) is 46.6 Å². The van der Waals surface area contributed by atoms with E-state index in [0.717, 1.165) is 21.9 Å². The van der Waals surface area contributed by atoms with Crippen molar-refractivity contribution in [3.8, 4) is 0 Å². The van der Waals surface area contributed by atoms with Crippen molar-refractivity contribution in [2.24, 2.45) is 35.0 Å². The number of benzene rings is 2. The molecule has 0 spiro atoms. The van der Waals surface area contributed by atoms with Crippen molar-refractivity contribution in [3.63, 3.8) is 0 Å². The zero-order chi connectivity index (χ0) is 28.0. The van der Waals surface area contributed by atoms with Gasteiger partial charge in [0.15, 0.2) is 0 Å². The number of para-hydroxylation sites is 2. The number of imide groups is 2. The van der Waals surface area contributed by atoms with Crippen LogP contribution in [0.5, 0.6) is 0 Å². The summed E-state index contributed by atoms with van der Waals surface area (Å²) >= 11 is 0. The lowest BCUT2D eigenvalue weighted by Crippen LogP contribution is -2.61. The maximum absolute atomic E-state index is 14.8. The van der Waals surface area contributed by atoms with Crippen molar-refractivity contribution in [3.05, 3.63) is 71.3 Å². The van der Waals surface area contributed by atoms with E-state index in [-0.39, 0.29) is 23.6 Å². The van der Waals surface area contributed by atoms with Gasteiger partial charge in [-0.3, -0.25) is 19.2 Å². The molecule has 5 aliphatic rings. The maximum Gasteiger partial charge on any atom is 0.334 e. The minimum Gasteiger partial charge on any atom is -0.463 e. The van der Waals surface area contributed by atoms with E-state index in [1.807, 2.05) is 0 Å². The molecule has 8 nitrogen and oxygen atoms in total. The van der Waals surface area contributed by atoms with Gasteiger partial charge in [-0.05, 0) is 38.1 Å². The van der Waals surface area contributed by atoms with Crippen LogP contribution in [0.4, 0.5) is 20.2 Å². The molecule has 0 aromatic heterocycles. The minimum absolute atomic E-state index is 0.0149. The number of allylic oxidation sites excluding steroid dienone is 1. The molecule has 2 aromatic carbocycles. The highest BCUT2D eigenvalue weighted by atomic mass is 19.1. The Hall–Kier alpha value is -4.21.